The molecule has 0 aromatic heterocycles. The molecule has 1 heterocycles. The Morgan fingerprint density at radius 3 is 2.11 bits per heavy atom. The summed E-state index contributed by atoms with van der Waals surface area (Å²) >= 11 is 0. The molecule has 1 fully saturated rings. The maximum absolute atomic E-state index is 13.7. The first-order valence-electron chi connectivity index (χ1n) is 15.7. The number of amides is 6. The van der Waals surface area contributed by atoms with Crippen molar-refractivity contribution in [3.63, 3.8) is 0 Å². The van der Waals surface area contributed by atoms with E-state index in [2.05, 4.69) is 26.6 Å². The SMILES string of the molecule is CC(C)CC1NC(=O)C(Cc2ccccc2)NC(=O)C(NC(=O)C(N)Cc2ccc(O)cc2)CCNC(=O)C(CCC(N)=O)NC1=O. The summed E-state index contributed by atoms with van der Waals surface area (Å²) in [5, 5.41) is 23.0. The summed E-state index contributed by atoms with van der Waals surface area (Å²) in [6.07, 6.45) is 0.0895. The molecule has 1 saturated heterocycles. The van der Waals surface area contributed by atoms with Crippen molar-refractivity contribution in [3.8, 4) is 5.75 Å². The van der Waals surface area contributed by atoms with Crippen LogP contribution >= 0.6 is 0 Å². The van der Waals surface area contributed by atoms with Crippen LogP contribution in [0, 0.1) is 5.92 Å². The molecule has 0 radical (unpaired) electrons. The van der Waals surface area contributed by atoms with Crippen molar-refractivity contribution in [2.75, 3.05) is 6.54 Å². The van der Waals surface area contributed by atoms with Crippen LogP contribution in [0.3, 0.4) is 0 Å². The van der Waals surface area contributed by atoms with E-state index >= 15 is 0 Å². The zero-order valence-electron chi connectivity index (χ0n) is 26.7. The molecular weight excluding hydrogens is 606 g/mol. The zero-order valence-corrected chi connectivity index (χ0v) is 26.7. The second kappa shape index (κ2) is 17.6. The maximum atomic E-state index is 13.7. The van der Waals surface area contributed by atoms with Gasteiger partial charge in [-0.05, 0) is 54.9 Å². The Morgan fingerprint density at radius 2 is 1.47 bits per heavy atom. The van der Waals surface area contributed by atoms with Gasteiger partial charge in [-0.25, -0.2) is 0 Å². The Morgan fingerprint density at radius 1 is 0.851 bits per heavy atom. The quantitative estimate of drug-likeness (QED) is 0.154. The van der Waals surface area contributed by atoms with Crippen molar-refractivity contribution in [2.45, 2.75) is 82.6 Å². The van der Waals surface area contributed by atoms with Gasteiger partial charge in [-0.15, -0.1) is 0 Å². The fraction of sp³-hybridized carbons (Fsp3) is 0.455. The van der Waals surface area contributed by atoms with Crippen molar-refractivity contribution in [3.05, 3.63) is 65.7 Å². The van der Waals surface area contributed by atoms with Crippen LogP contribution in [-0.4, -0.2) is 77.3 Å². The molecule has 2 aromatic carbocycles. The second-order valence-electron chi connectivity index (χ2n) is 12.1. The number of benzene rings is 2. The minimum absolute atomic E-state index is 0.0321. The van der Waals surface area contributed by atoms with E-state index in [-0.39, 0.29) is 56.7 Å². The van der Waals surface area contributed by atoms with Gasteiger partial charge in [0.05, 0.1) is 6.04 Å². The number of rotatable bonds is 11. The molecule has 5 unspecified atom stereocenters. The van der Waals surface area contributed by atoms with Crippen molar-refractivity contribution < 1.29 is 33.9 Å². The molecule has 10 N–H and O–H groups in total. The monoisotopic (exact) mass is 651 g/mol. The van der Waals surface area contributed by atoms with Crippen LogP contribution in [0.1, 0.15) is 50.7 Å². The Labute approximate surface area is 273 Å². The van der Waals surface area contributed by atoms with Gasteiger partial charge in [0.1, 0.15) is 29.9 Å². The fourth-order valence-electron chi connectivity index (χ4n) is 5.12. The van der Waals surface area contributed by atoms with Gasteiger partial charge in [0.2, 0.25) is 35.4 Å². The first-order chi connectivity index (χ1) is 22.3. The second-order valence-corrected chi connectivity index (χ2v) is 12.1. The molecule has 1 aliphatic heterocycles. The third kappa shape index (κ3) is 12.0. The zero-order chi connectivity index (χ0) is 34.5. The highest BCUT2D eigenvalue weighted by Gasteiger charge is 2.33. The van der Waals surface area contributed by atoms with Crippen molar-refractivity contribution >= 4 is 35.4 Å². The predicted molar refractivity (Wildman–Crippen MR) is 173 cm³/mol. The molecule has 1 aliphatic rings. The van der Waals surface area contributed by atoms with E-state index in [1.165, 1.54) is 12.1 Å². The number of nitrogens with two attached hydrogens (primary N) is 2. The number of hydrogen-bond acceptors (Lipinski definition) is 8. The number of aromatic hydroxyl groups is 1. The van der Waals surface area contributed by atoms with Crippen LogP contribution in [0.2, 0.25) is 0 Å². The number of phenols is 1. The summed E-state index contributed by atoms with van der Waals surface area (Å²) in [5.41, 5.74) is 12.9. The number of phenolic OH excluding ortho intramolecular Hbond substituents is 1. The topological polar surface area (TPSA) is 235 Å². The summed E-state index contributed by atoms with van der Waals surface area (Å²) in [5.74, 6) is -3.83. The lowest BCUT2D eigenvalue weighted by Crippen LogP contribution is -2.60. The Bertz CT molecular complexity index is 1400. The fourth-order valence-corrected chi connectivity index (χ4v) is 5.12. The molecular formula is C33H45N7O7. The summed E-state index contributed by atoms with van der Waals surface area (Å²) < 4.78 is 0. The van der Waals surface area contributed by atoms with Gasteiger partial charge in [0, 0.05) is 19.4 Å². The molecule has 2 aromatic rings. The van der Waals surface area contributed by atoms with Crippen LogP contribution in [0.25, 0.3) is 0 Å². The Balaban J connectivity index is 1.91. The highest BCUT2D eigenvalue weighted by atomic mass is 16.3. The van der Waals surface area contributed by atoms with Gasteiger partial charge in [-0.1, -0.05) is 56.3 Å². The van der Waals surface area contributed by atoms with E-state index in [9.17, 15) is 33.9 Å². The lowest BCUT2D eigenvalue weighted by atomic mass is 9.99. The number of primary amides is 1. The van der Waals surface area contributed by atoms with Crippen molar-refractivity contribution in [1.82, 2.24) is 26.6 Å². The maximum Gasteiger partial charge on any atom is 0.243 e. The molecule has 6 amide bonds. The van der Waals surface area contributed by atoms with Gasteiger partial charge in [-0.2, -0.15) is 0 Å². The largest absolute Gasteiger partial charge is 0.508 e. The molecule has 3 rings (SSSR count). The summed E-state index contributed by atoms with van der Waals surface area (Å²) in [6, 6.07) is 9.59. The average molecular weight is 652 g/mol. The van der Waals surface area contributed by atoms with Gasteiger partial charge in [0.25, 0.3) is 0 Å². The number of carbonyl (C=O) groups excluding carboxylic acids is 6. The van der Waals surface area contributed by atoms with Crippen molar-refractivity contribution in [2.24, 2.45) is 17.4 Å². The van der Waals surface area contributed by atoms with Crippen LogP contribution in [0.15, 0.2) is 54.6 Å². The normalized spacial score (nSPS) is 21.8. The molecule has 14 nitrogen and oxygen atoms in total. The van der Waals surface area contributed by atoms with Crippen molar-refractivity contribution in [1.29, 1.82) is 0 Å². The predicted octanol–water partition coefficient (Wildman–Crippen LogP) is -0.725. The van der Waals surface area contributed by atoms with E-state index in [1.807, 2.05) is 19.9 Å². The van der Waals surface area contributed by atoms with E-state index < -0.39 is 65.7 Å². The highest BCUT2D eigenvalue weighted by Crippen LogP contribution is 2.12. The number of carbonyl (C=O) groups is 6. The molecule has 0 bridgehead atoms. The van der Waals surface area contributed by atoms with Gasteiger partial charge >= 0.3 is 0 Å². The third-order valence-corrected chi connectivity index (χ3v) is 7.66. The van der Waals surface area contributed by atoms with Crippen LogP contribution in [0.4, 0.5) is 0 Å². The molecule has 0 spiro atoms. The molecule has 0 aliphatic carbocycles. The molecule has 14 heteroatoms. The Hall–Kier alpha value is -4.98. The molecule has 5 atom stereocenters. The minimum Gasteiger partial charge on any atom is -0.508 e. The lowest BCUT2D eigenvalue weighted by Gasteiger charge is -2.28. The Kier molecular flexibility index (Phi) is 13.7. The first kappa shape index (κ1) is 36.5. The van der Waals surface area contributed by atoms with Gasteiger partial charge in [-0.3, -0.25) is 28.8 Å². The smallest absolute Gasteiger partial charge is 0.243 e. The lowest BCUT2D eigenvalue weighted by molar-refractivity contribution is -0.135. The van der Waals surface area contributed by atoms with E-state index in [4.69, 9.17) is 11.5 Å². The van der Waals surface area contributed by atoms with Crippen LogP contribution in [0.5, 0.6) is 5.75 Å². The van der Waals surface area contributed by atoms with Gasteiger partial charge < -0.3 is 43.2 Å². The van der Waals surface area contributed by atoms with Gasteiger partial charge in [0.15, 0.2) is 0 Å². The molecule has 47 heavy (non-hydrogen) atoms. The highest BCUT2D eigenvalue weighted by molar-refractivity contribution is 5.96. The van der Waals surface area contributed by atoms with Crippen LogP contribution < -0.4 is 38.1 Å². The summed E-state index contributed by atoms with van der Waals surface area (Å²) in [7, 11) is 0. The molecule has 0 saturated carbocycles. The minimum atomic E-state index is -1.20. The first-order valence-corrected chi connectivity index (χ1v) is 15.7. The average Bonchev–Trinajstić information content (AvgIpc) is 3.02. The number of hydrogen-bond donors (Lipinski definition) is 8. The third-order valence-electron chi connectivity index (χ3n) is 7.66. The van der Waals surface area contributed by atoms with E-state index in [1.54, 1.807) is 36.4 Å². The van der Waals surface area contributed by atoms with E-state index in [0.29, 0.717) is 5.56 Å². The van der Waals surface area contributed by atoms with E-state index in [0.717, 1.165) is 5.56 Å². The molecule has 254 valence electrons. The van der Waals surface area contributed by atoms with Crippen LogP contribution in [-0.2, 0) is 41.6 Å². The standard InChI is InChI=1S/C33H45N7O7/c1-19(2)16-26-32(46)38-24(12-13-28(35)42)30(44)36-15-14-25(37-29(43)23(34)17-21-8-10-22(41)11-9-21)31(45)40-27(33(47)39-26)18-20-6-4-3-5-7-20/h3-11,19,23-27,41H,12-18,34H2,1-2H3,(H2,35,42)(H,36,44)(H,37,43)(H,38,46)(H,39,47)(H,40,45). The number of nitrogens with one attached hydrogen (secondary N) is 5. The summed E-state index contributed by atoms with van der Waals surface area (Å²) in [4.78, 5) is 78.7. The summed E-state index contributed by atoms with van der Waals surface area (Å²) in [6.45, 7) is 3.63.